The van der Waals surface area contributed by atoms with E-state index in [4.69, 9.17) is 24.3 Å². The first-order chi connectivity index (χ1) is 20.4. The molecule has 3 heterocycles. The third kappa shape index (κ3) is 6.97. The number of rotatable bonds is 10. The summed E-state index contributed by atoms with van der Waals surface area (Å²) in [7, 11) is -4.30. The molecule has 0 aliphatic carbocycles. The molecular weight excluding hydrogens is 575 g/mol. The van der Waals surface area contributed by atoms with Crippen LogP contribution in [0, 0.1) is 12.3 Å². The molecule has 1 aliphatic rings. The van der Waals surface area contributed by atoms with Crippen molar-refractivity contribution in [3.05, 3.63) is 54.6 Å². The molecule has 1 unspecified atom stereocenters. The lowest BCUT2D eigenvalue weighted by Gasteiger charge is -2.27. The van der Waals surface area contributed by atoms with Gasteiger partial charge in [0.1, 0.15) is 41.6 Å². The number of ether oxygens (including phenoxy) is 2. The Bertz CT molecular complexity index is 1670. The Morgan fingerprint density at radius 2 is 1.98 bits per heavy atom. The van der Waals surface area contributed by atoms with Crippen molar-refractivity contribution in [1.82, 2.24) is 24.6 Å². The van der Waals surface area contributed by atoms with Crippen LogP contribution in [0.4, 0.5) is 5.82 Å². The average Bonchev–Trinajstić information content (AvgIpc) is 3.55. The standard InChI is InChI=1S/C29H37N6O7P/c1-17(28(37)39-15-29(3,4)5)34-43(38,41-21-12-8-10-19-9-6-7-11-20(19)21)42-22-13-24(40-23(22)14-36)35-16-31-25-26(30)32-18(2)33-27(25)35/h6-12,16-17,22-24,36H,13-15H2,1-5H3,(H,34,38)(H2,30,32,33)/t17-,22+,23+,24+,43?/m0/s1. The Kier molecular flexibility index (Phi) is 8.73. The van der Waals surface area contributed by atoms with Crippen molar-refractivity contribution in [3.8, 4) is 5.75 Å². The van der Waals surface area contributed by atoms with E-state index in [1.165, 1.54) is 13.3 Å². The van der Waals surface area contributed by atoms with Crippen LogP contribution in [0.15, 0.2) is 48.8 Å². The van der Waals surface area contributed by atoms with E-state index in [9.17, 15) is 14.5 Å². The summed E-state index contributed by atoms with van der Waals surface area (Å²) < 4.78 is 39.9. The molecule has 1 saturated heterocycles. The molecule has 0 amide bonds. The number of aryl methyl sites for hydroxylation is 1. The highest BCUT2D eigenvalue weighted by Crippen LogP contribution is 2.50. The molecule has 0 bridgehead atoms. The maximum atomic E-state index is 14.5. The van der Waals surface area contributed by atoms with Crippen LogP contribution in [0.2, 0.25) is 0 Å². The number of nitrogens with zero attached hydrogens (tertiary/aromatic N) is 4. The molecule has 4 aromatic rings. The van der Waals surface area contributed by atoms with Gasteiger partial charge in [-0.2, -0.15) is 5.09 Å². The lowest BCUT2D eigenvalue weighted by molar-refractivity contribution is -0.148. The molecule has 5 atom stereocenters. The van der Waals surface area contributed by atoms with Crippen LogP contribution in [-0.2, 0) is 23.4 Å². The lowest BCUT2D eigenvalue weighted by atomic mass is 9.99. The van der Waals surface area contributed by atoms with E-state index < -0.39 is 44.8 Å². The number of nitrogen functional groups attached to an aromatic ring is 1. The molecule has 43 heavy (non-hydrogen) atoms. The Labute approximate surface area is 249 Å². The summed E-state index contributed by atoms with van der Waals surface area (Å²) in [5.74, 6) is 0.372. The summed E-state index contributed by atoms with van der Waals surface area (Å²) in [6.07, 6.45) is -0.779. The van der Waals surface area contributed by atoms with Gasteiger partial charge in [0.05, 0.1) is 19.5 Å². The van der Waals surface area contributed by atoms with Gasteiger partial charge >= 0.3 is 13.7 Å². The normalized spacial score (nSPS) is 21.1. The molecule has 0 saturated carbocycles. The predicted molar refractivity (Wildman–Crippen MR) is 160 cm³/mol. The van der Waals surface area contributed by atoms with E-state index in [0.717, 1.165) is 5.39 Å². The topological polar surface area (TPSA) is 173 Å². The minimum Gasteiger partial charge on any atom is -0.464 e. The van der Waals surface area contributed by atoms with Crippen molar-refractivity contribution in [3.63, 3.8) is 0 Å². The van der Waals surface area contributed by atoms with Crippen LogP contribution in [0.3, 0.4) is 0 Å². The van der Waals surface area contributed by atoms with Crippen LogP contribution in [0.5, 0.6) is 5.75 Å². The molecule has 14 heteroatoms. The second kappa shape index (κ2) is 12.2. The third-order valence-electron chi connectivity index (χ3n) is 6.83. The second-order valence-corrected chi connectivity index (χ2v) is 13.4. The fourth-order valence-electron chi connectivity index (χ4n) is 4.77. The number of hydrogen-bond acceptors (Lipinski definition) is 11. The number of hydrogen-bond donors (Lipinski definition) is 3. The molecule has 0 radical (unpaired) electrons. The third-order valence-corrected chi connectivity index (χ3v) is 8.51. The molecular formula is C29H37N6O7P. The molecule has 13 nitrogen and oxygen atoms in total. The first kappa shape index (κ1) is 30.8. The maximum absolute atomic E-state index is 14.5. The molecule has 4 N–H and O–H groups in total. The van der Waals surface area contributed by atoms with E-state index in [-0.39, 0.29) is 24.3 Å². The minimum atomic E-state index is -4.30. The SMILES string of the molecule is Cc1nc(N)c2ncn([C@H]3C[C@@H](OP(=O)(N[C@@H](C)C(=O)OCC(C)(C)C)Oc4cccc5ccccc45)[C@@H](CO)O3)c2n1. The smallest absolute Gasteiger partial charge is 0.459 e. The number of anilines is 1. The van der Waals surface area contributed by atoms with Crippen LogP contribution < -0.4 is 15.3 Å². The molecule has 2 aromatic heterocycles. The van der Waals surface area contributed by atoms with E-state index >= 15 is 0 Å². The highest BCUT2D eigenvalue weighted by molar-refractivity contribution is 7.52. The van der Waals surface area contributed by atoms with Gasteiger partial charge in [0.15, 0.2) is 11.5 Å². The average molecular weight is 613 g/mol. The van der Waals surface area contributed by atoms with Gasteiger partial charge < -0.3 is 24.8 Å². The quantitative estimate of drug-likeness (QED) is 0.172. The number of fused-ring (bicyclic) bond motifs is 2. The van der Waals surface area contributed by atoms with Gasteiger partial charge in [-0.1, -0.05) is 57.2 Å². The van der Waals surface area contributed by atoms with Crippen LogP contribution in [0.25, 0.3) is 21.9 Å². The molecule has 0 spiro atoms. The summed E-state index contributed by atoms with van der Waals surface area (Å²) in [6, 6.07) is 11.8. The Morgan fingerprint density at radius 1 is 1.23 bits per heavy atom. The van der Waals surface area contributed by atoms with Crippen molar-refractivity contribution in [1.29, 1.82) is 0 Å². The number of esters is 1. The monoisotopic (exact) mass is 612 g/mol. The van der Waals surface area contributed by atoms with Gasteiger partial charge in [0.25, 0.3) is 0 Å². The molecule has 2 aromatic carbocycles. The number of imidazole rings is 1. The second-order valence-electron chi connectivity index (χ2n) is 11.8. The number of carbonyl (C=O) groups is 1. The predicted octanol–water partition coefficient (Wildman–Crippen LogP) is 4.29. The van der Waals surface area contributed by atoms with Crippen molar-refractivity contribution < 1.29 is 33.0 Å². The number of nitrogens with two attached hydrogens (primary N) is 1. The summed E-state index contributed by atoms with van der Waals surface area (Å²) in [4.78, 5) is 25.8. The van der Waals surface area contributed by atoms with Gasteiger partial charge in [-0.15, -0.1) is 0 Å². The van der Waals surface area contributed by atoms with Gasteiger partial charge in [-0.05, 0) is 30.7 Å². The van der Waals surface area contributed by atoms with Crippen molar-refractivity contribution in [2.75, 3.05) is 18.9 Å². The number of aliphatic hydroxyl groups is 1. The first-order valence-electron chi connectivity index (χ1n) is 14.0. The van der Waals surface area contributed by atoms with Crippen LogP contribution in [0.1, 0.15) is 46.2 Å². The maximum Gasteiger partial charge on any atom is 0.459 e. The van der Waals surface area contributed by atoms with Gasteiger partial charge in [0, 0.05) is 11.8 Å². The lowest BCUT2D eigenvalue weighted by Crippen LogP contribution is -2.38. The van der Waals surface area contributed by atoms with Gasteiger partial charge in [0.2, 0.25) is 0 Å². The number of benzene rings is 2. The number of nitrogens with one attached hydrogen (secondary N) is 1. The summed E-state index contributed by atoms with van der Waals surface area (Å²) in [6.45, 7) is 8.79. The molecule has 1 fully saturated rings. The van der Waals surface area contributed by atoms with Gasteiger partial charge in [-0.3, -0.25) is 13.9 Å². The molecule has 1 aliphatic heterocycles. The Hall–Kier alpha value is -3.61. The molecule has 5 rings (SSSR count). The minimum absolute atomic E-state index is 0.160. The van der Waals surface area contributed by atoms with Gasteiger partial charge in [-0.25, -0.2) is 19.5 Å². The first-order valence-corrected chi connectivity index (χ1v) is 15.5. The zero-order valence-corrected chi connectivity index (χ0v) is 25.7. The van der Waals surface area contributed by atoms with E-state index in [0.29, 0.717) is 28.1 Å². The highest BCUT2D eigenvalue weighted by atomic mass is 31.2. The number of aliphatic hydroxyl groups excluding tert-OH is 1. The fourth-order valence-corrected chi connectivity index (χ4v) is 6.51. The number of aromatic nitrogens is 4. The van der Waals surface area contributed by atoms with Crippen molar-refractivity contribution >= 4 is 41.5 Å². The van der Waals surface area contributed by atoms with Crippen LogP contribution >= 0.6 is 7.75 Å². The van der Waals surface area contributed by atoms with E-state index in [1.54, 1.807) is 23.6 Å². The summed E-state index contributed by atoms with van der Waals surface area (Å²) in [5.41, 5.74) is 6.64. The summed E-state index contributed by atoms with van der Waals surface area (Å²) >= 11 is 0. The van der Waals surface area contributed by atoms with Crippen molar-refractivity contribution in [2.45, 2.75) is 65.5 Å². The highest BCUT2D eigenvalue weighted by Gasteiger charge is 2.44. The van der Waals surface area contributed by atoms with Crippen LogP contribution in [-0.4, -0.2) is 62.1 Å². The van der Waals surface area contributed by atoms with Crippen molar-refractivity contribution in [2.24, 2.45) is 5.41 Å². The Morgan fingerprint density at radius 3 is 2.72 bits per heavy atom. The Balaban J connectivity index is 1.43. The largest absolute Gasteiger partial charge is 0.464 e. The number of carbonyl (C=O) groups excluding carboxylic acids is 1. The summed E-state index contributed by atoms with van der Waals surface area (Å²) in [5, 5.41) is 14.5. The zero-order valence-electron chi connectivity index (χ0n) is 24.8. The zero-order chi connectivity index (χ0) is 30.9. The van der Waals surface area contributed by atoms with E-state index in [2.05, 4.69) is 20.0 Å². The fraction of sp³-hybridized carbons (Fsp3) is 0.448. The molecule has 230 valence electrons. The van der Waals surface area contributed by atoms with E-state index in [1.807, 2.05) is 51.1 Å².